The van der Waals surface area contributed by atoms with E-state index in [4.69, 9.17) is 18.9 Å². The second kappa shape index (κ2) is 25.9. The molecule has 0 bridgehead atoms. The molecule has 0 saturated carbocycles. The summed E-state index contributed by atoms with van der Waals surface area (Å²) in [6.45, 7) is 13.1. The van der Waals surface area contributed by atoms with E-state index in [1.807, 2.05) is 57.2 Å². The molecular weight excluding hydrogens is 926 g/mol. The van der Waals surface area contributed by atoms with Crippen molar-refractivity contribution in [3.63, 3.8) is 0 Å². The van der Waals surface area contributed by atoms with Gasteiger partial charge in [0.15, 0.2) is 0 Å². The maximum absolute atomic E-state index is 13.4. The number of rotatable bonds is 17. The fourth-order valence-corrected chi connectivity index (χ4v) is 6.19. The molecule has 356 valence electrons. The lowest BCUT2D eigenvalue weighted by Crippen LogP contribution is -2.27. The maximum Gasteiger partial charge on any atom is 0.416 e. The summed E-state index contributed by atoms with van der Waals surface area (Å²) in [5.41, 5.74) is -0.512. The lowest BCUT2D eigenvalue weighted by Gasteiger charge is -2.27. The minimum Gasteiger partial charge on any atom is -0.497 e. The Morgan fingerprint density at radius 2 is 1.08 bits per heavy atom. The van der Waals surface area contributed by atoms with Gasteiger partial charge in [-0.15, -0.1) is 0 Å². The molecule has 0 spiro atoms. The van der Waals surface area contributed by atoms with Crippen molar-refractivity contribution in [2.75, 3.05) is 32.2 Å². The van der Waals surface area contributed by atoms with Crippen LogP contribution in [0.2, 0.25) is 0 Å². The van der Waals surface area contributed by atoms with Crippen molar-refractivity contribution in [3.8, 4) is 11.5 Å². The molecule has 0 aliphatic rings. The third-order valence-corrected chi connectivity index (χ3v) is 9.01. The van der Waals surface area contributed by atoms with E-state index in [1.165, 1.54) is 17.7 Å². The molecular formula is C48H57BrF6N2O8. The highest BCUT2D eigenvalue weighted by Gasteiger charge is 2.32. The van der Waals surface area contributed by atoms with Gasteiger partial charge in [-0.1, -0.05) is 40.2 Å². The zero-order chi connectivity index (χ0) is 49.0. The van der Waals surface area contributed by atoms with Gasteiger partial charge in [0, 0.05) is 53.8 Å². The molecule has 10 nitrogen and oxygen atoms in total. The normalized spacial score (nSPS) is 11.5. The number of hydrogen-bond acceptors (Lipinski definition) is 10. The molecule has 0 atom stereocenters. The molecule has 0 aliphatic carbocycles. The van der Waals surface area contributed by atoms with Crippen LogP contribution in [-0.4, -0.2) is 63.0 Å². The first kappa shape index (κ1) is 55.7. The Kier molecular flexibility index (Phi) is 22.2. The standard InChI is InChI=1S/C24H28F3NO4.C16H25NO3.C8H4BrF3O/c1-23(2,3)32-22(30)6-5-11-28(15-17-7-9-21(31-4)10-8-17)20-13-18(16-29)12-19(14-20)24(25,26)27;1-16(2,3)20-15(18)6-5-11-17-12-13-7-9-14(19-4)10-8-13;9-7-2-5(4-13)1-6(3-7)8(10,11)12/h7-10,12-14,16H,5-6,11,15H2,1-4H3;7-10,17H,5-6,11-12H2,1-4H3;1-4H. The second-order valence-electron chi connectivity index (χ2n) is 16.5. The van der Waals surface area contributed by atoms with Gasteiger partial charge in [-0.05, 0) is 133 Å². The van der Waals surface area contributed by atoms with Crippen molar-refractivity contribution in [1.29, 1.82) is 0 Å². The molecule has 0 fully saturated rings. The number of benzene rings is 4. The van der Waals surface area contributed by atoms with Crippen molar-refractivity contribution in [3.05, 3.63) is 123 Å². The molecule has 0 aromatic heterocycles. The van der Waals surface area contributed by atoms with Crippen LogP contribution in [0.4, 0.5) is 32.0 Å². The number of esters is 2. The molecule has 17 heteroatoms. The van der Waals surface area contributed by atoms with Crippen LogP contribution in [0.3, 0.4) is 0 Å². The highest BCUT2D eigenvalue weighted by molar-refractivity contribution is 9.10. The van der Waals surface area contributed by atoms with E-state index >= 15 is 0 Å². The Hall–Kier alpha value is -5.42. The van der Waals surface area contributed by atoms with Crippen LogP contribution < -0.4 is 19.7 Å². The summed E-state index contributed by atoms with van der Waals surface area (Å²) in [6, 6.07) is 21.4. The Bertz CT molecular complexity index is 2120. The Morgan fingerprint density at radius 1 is 0.631 bits per heavy atom. The largest absolute Gasteiger partial charge is 0.497 e. The van der Waals surface area contributed by atoms with Gasteiger partial charge in [-0.2, -0.15) is 26.3 Å². The topological polar surface area (TPSA) is 120 Å². The minimum atomic E-state index is -4.59. The molecule has 0 saturated heterocycles. The SMILES string of the molecule is COc1ccc(CN(CCCC(=O)OC(C)(C)C)c2cc(C=O)cc(C(F)(F)F)c2)cc1.COc1ccc(CNCCCC(=O)OC(C)(C)C)cc1.O=Cc1cc(Br)cc(C(F)(F)F)c1. The van der Waals surface area contributed by atoms with Gasteiger partial charge in [-0.25, -0.2) is 0 Å². The zero-order valence-corrected chi connectivity index (χ0v) is 39.3. The van der Waals surface area contributed by atoms with E-state index < -0.39 is 34.7 Å². The van der Waals surface area contributed by atoms with Gasteiger partial charge in [0.05, 0.1) is 25.3 Å². The number of aldehydes is 2. The lowest BCUT2D eigenvalue weighted by molar-refractivity contribution is -0.156. The van der Waals surface area contributed by atoms with Crippen LogP contribution in [0.25, 0.3) is 0 Å². The first-order valence-electron chi connectivity index (χ1n) is 20.4. The van der Waals surface area contributed by atoms with E-state index in [0.717, 1.165) is 55.1 Å². The first-order valence-corrected chi connectivity index (χ1v) is 21.2. The summed E-state index contributed by atoms with van der Waals surface area (Å²) in [5, 5.41) is 3.31. The van der Waals surface area contributed by atoms with Crippen LogP contribution in [0.5, 0.6) is 11.5 Å². The average Bonchev–Trinajstić information content (AvgIpc) is 3.21. The fraction of sp³-hybridized carbons (Fsp3) is 0.417. The average molecular weight is 984 g/mol. The molecule has 0 aliphatic heterocycles. The molecule has 4 rings (SSSR count). The van der Waals surface area contributed by atoms with Gasteiger partial charge in [0.1, 0.15) is 35.3 Å². The summed E-state index contributed by atoms with van der Waals surface area (Å²) in [6.07, 6.45) is -6.51. The van der Waals surface area contributed by atoms with Crippen LogP contribution >= 0.6 is 15.9 Å². The van der Waals surface area contributed by atoms with Gasteiger partial charge in [-0.3, -0.25) is 19.2 Å². The van der Waals surface area contributed by atoms with Gasteiger partial charge >= 0.3 is 24.3 Å². The highest BCUT2D eigenvalue weighted by Crippen LogP contribution is 2.34. The highest BCUT2D eigenvalue weighted by atomic mass is 79.9. The van der Waals surface area contributed by atoms with E-state index in [0.29, 0.717) is 37.7 Å². The van der Waals surface area contributed by atoms with Crippen molar-refractivity contribution < 1.29 is 64.5 Å². The number of carbonyl (C=O) groups is 4. The number of methoxy groups -OCH3 is 2. The van der Waals surface area contributed by atoms with Gasteiger partial charge < -0.3 is 29.2 Å². The predicted octanol–water partition coefficient (Wildman–Crippen LogP) is 11.8. The Morgan fingerprint density at radius 3 is 1.52 bits per heavy atom. The van der Waals surface area contributed by atoms with E-state index in [2.05, 4.69) is 21.2 Å². The first-order chi connectivity index (χ1) is 30.2. The van der Waals surface area contributed by atoms with Crippen molar-refractivity contribution in [2.24, 2.45) is 0 Å². The summed E-state index contributed by atoms with van der Waals surface area (Å²) < 4.78 is 97.6. The van der Waals surface area contributed by atoms with Crippen molar-refractivity contribution in [2.45, 2.75) is 104 Å². The Balaban J connectivity index is 0.000000373. The summed E-state index contributed by atoms with van der Waals surface area (Å²) in [4.78, 5) is 46.8. The summed E-state index contributed by atoms with van der Waals surface area (Å²) in [5.74, 6) is 1.01. The molecule has 0 amide bonds. The van der Waals surface area contributed by atoms with Crippen LogP contribution in [0, 0.1) is 0 Å². The van der Waals surface area contributed by atoms with Crippen LogP contribution in [-0.2, 0) is 44.5 Å². The quantitative estimate of drug-likeness (QED) is 0.0474. The molecule has 4 aromatic carbocycles. The molecule has 65 heavy (non-hydrogen) atoms. The Labute approximate surface area is 385 Å². The van der Waals surface area contributed by atoms with E-state index in [9.17, 15) is 45.5 Å². The number of alkyl halides is 6. The fourth-order valence-electron chi connectivity index (χ4n) is 5.68. The lowest BCUT2D eigenvalue weighted by atomic mass is 10.1. The van der Waals surface area contributed by atoms with Gasteiger partial charge in [0.25, 0.3) is 0 Å². The number of halogens is 7. The number of ether oxygens (including phenoxy) is 4. The molecule has 1 N–H and O–H groups in total. The molecule has 4 aromatic rings. The second-order valence-corrected chi connectivity index (χ2v) is 17.4. The smallest absolute Gasteiger partial charge is 0.416 e. The number of nitrogens with one attached hydrogen (secondary N) is 1. The van der Waals surface area contributed by atoms with Crippen molar-refractivity contribution >= 4 is 46.1 Å². The summed E-state index contributed by atoms with van der Waals surface area (Å²) >= 11 is 2.89. The zero-order valence-electron chi connectivity index (χ0n) is 37.8. The molecule has 0 heterocycles. The van der Waals surface area contributed by atoms with E-state index in [1.54, 1.807) is 52.0 Å². The van der Waals surface area contributed by atoms with Crippen molar-refractivity contribution in [1.82, 2.24) is 5.32 Å². The number of nitrogens with zero attached hydrogens (tertiary/aromatic N) is 1. The number of carbonyl (C=O) groups excluding carboxylic acids is 4. The molecule has 0 radical (unpaired) electrons. The van der Waals surface area contributed by atoms with Gasteiger partial charge in [0.2, 0.25) is 0 Å². The van der Waals surface area contributed by atoms with Crippen LogP contribution in [0.15, 0.2) is 89.4 Å². The summed E-state index contributed by atoms with van der Waals surface area (Å²) in [7, 11) is 3.20. The maximum atomic E-state index is 13.4. The third-order valence-electron chi connectivity index (χ3n) is 8.56. The predicted molar refractivity (Wildman–Crippen MR) is 240 cm³/mol. The number of anilines is 1. The minimum absolute atomic E-state index is 0.00157. The van der Waals surface area contributed by atoms with Crippen LogP contribution in [0.1, 0.15) is 110 Å². The molecule has 0 unspecified atom stereocenters. The number of hydrogen-bond donors (Lipinski definition) is 1. The van der Waals surface area contributed by atoms with E-state index in [-0.39, 0.29) is 46.2 Å². The monoisotopic (exact) mass is 982 g/mol. The third kappa shape index (κ3) is 22.9.